The molecular formula is C49H78O18. The number of ether oxygens (including phenoxy) is 7. The molecule has 0 aromatic rings. The van der Waals surface area contributed by atoms with Crippen LogP contribution in [0.4, 0.5) is 0 Å². The maximum atomic E-state index is 13.2. The van der Waals surface area contributed by atoms with Gasteiger partial charge in [0, 0.05) is 18.9 Å². The summed E-state index contributed by atoms with van der Waals surface area (Å²) in [6.07, 6.45) is -12.9. The average molecular weight is 955 g/mol. The van der Waals surface area contributed by atoms with Crippen LogP contribution in [0.15, 0.2) is 11.6 Å². The van der Waals surface area contributed by atoms with Gasteiger partial charge in [-0.1, -0.05) is 60.1 Å². The summed E-state index contributed by atoms with van der Waals surface area (Å²) in [7, 11) is 0. The highest BCUT2D eigenvalue weighted by atomic mass is 16.8. The molecular weight excluding hydrogens is 877 g/mol. The first kappa shape index (κ1) is 51.5. The van der Waals surface area contributed by atoms with Crippen LogP contribution < -0.4 is 0 Å². The maximum absolute atomic E-state index is 13.2. The van der Waals surface area contributed by atoms with E-state index in [0.29, 0.717) is 18.3 Å². The van der Waals surface area contributed by atoms with Gasteiger partial charge in [-0.15, -0.1) is 0 Å². The first-order valence-electron chi connectivity index (χ1n) is 24.6. The Balaban J connectivity index is 1.11. The maximum Gasteiger partial charge on any atom is 0.335 e. The fraction of sp³-hybridized carbons (Fsp3) is 0.918. The second-order valence-corrected chi connectivity index (χ2v) is 23.7. The van der Waals surface area contributed by atoms with Crippen LogP contribution in [0.3, 0.4) is 0 Å². The van der Waals surface area contributed by atoms with E-state index in [0.717, 1.165) is 64.7 Å². The number of carboxylic acid groups (broad SMARTS) is 1. The zero-order valence-electron chi connectivity index (χ0n) is 40.4. The highest BCUT2D eigenvalue weighted by Gasteiger charge is 2.69. The molecule has 3 aliphatic heterocycles. The summed E-state index contributed by atoms with van der Waals surface area (Å²) < 4.78 is 42.5. The first-order valence-corrected chi connectivity index (χ1v) is 24.6. The van der Waals surface area contributed by atoms with E-state index < -0.39 is 123 Å². The lowest BCUT2D eigenvalue weighted by atomic mass is 9.33. The summed E-state index contributed by atoms with van der Waals surface area (Å²) in [6.45, 7) is 16.2. The number of hydrogen-bond donors (Lipinski definition) is 9. The summed E-state index contributed by atoms with van der Waals surface area (Å²) in [5.74, 6) is -1.70. The molecule has 0 radical (unpaired) electrons. The Bertz CT molecular complexity index is 1860. The molecule has 382 valence electrons. The predicted molar refractivity (Wildman–Crippen MR) is 234 cm³/mol. The molecule has 18 heteroatoms. The fourth-order valence-corrected chi connectivity index (χ4v) is 15.2. The summed E-state index contributed by atoms with van der Waals surface area (Å²) in [5, 5.41) is 95.3. The Labute approximate surface area is 393 Å². The molecule has 18 nitrogen and oxygen atoms in total. The molecule has 0 amide bonds. The third-order valence-corrected chi connectivity index (χ3v) is 19.3. The van der Waals surface area contributed by atoms with Crippen molar-refractivity contribution in [3.05, 3.63) is 11.6 Å². The molecule has 0 bridgehead atoms. The largest absolute Gasteiger partial charge is 0.479 e. The highest BCUT2D eigenvalue weighted by molar-refractivity contribution is 5.74. The molecule has 9 N–H and O–H groups in total. The molecule has 4 saturated carbocycles. The molecule has 67 heavy (non-hydrogen) atoms. The van der Waals surface area contributed by atoms with Crippen molar-refractivity contribution in [3.8, 4) is 0 Å². The molecule has 3 heterocycles. The SMILES string of the molecule is CC(=O)O[C@@H]1[C@@H](OC2O[C@H](CO)[C@@H](O)[C@H](O)[C@H]2O)[C@H](O[C@H]2CC[C@]3(C)[C@H]4CC=C5[C@@H]6CC(C)(C)CC[C@]6(CO)CC[C@@]5(C)[C@]4(C)CC[C@H]3C2(C)C)O[C@H](C(=O)O)[C@H]1O[C@@H]1O[C@@H](CO)[C@H](O)[C@H]1O. The number of allylic oxidation sites excluding steroid dienone is 2. The van der Waals surface area contributed by atoms with E-state index in [9.17, 15) is 55.5 Å². The van der Waals surface area contributed by atoms with Crippen molar-refractivity contribution in [1.29, 1.82) is 0 Å². The van der Waals surface area contributed by atoms with Gasteiger partial charge in [0.25, 0.3) is 0 Å². The normalized spacial score (nSPS) is 51.3. The van der Waals surface area contributed by atoms with Gasteiger partial charge >= 0.3 is 11.9 Å². The van der Waals surface area contributed by atoms with Crippen LogP contribution in [-0.4, -0.2) is 170 Å². The zero-order chi connectivity index (χ0) is 49.0. The van der Waals surface area contributed by atoms with E-state index in [1.165, 1.54) is 0 Å². The van der Waals surface area contributed by atoms with Crippen molar-refractivity contribution >= 4 is 11.9 Å². The average Bonchev–Trinajstić information content (AvgIpc) is 3.53. The number of carbonyl (C=O) groups is 2. The molecule has 5 aliphatic carbocycles. The minimum absolute atomic E-state index is 0.0169. The molecule has 0 aromatic carbocycles. The lowest BCUT2D eigenvalue weighted by Gasteiger charge is -2.71. The number of carboxylic acids is 1. The Morgan fingerprint density at radius 2 is 1.27 bits per heavy atom. The topological polar surface area (TPSA) is 281 Å². The lowest BCUT2D eigenvalue weighted by molar-refractivity contribution is -0.383. The minimum Gasteiger partial charge on any atom is -0.479 e. The van der Waals surface area contributed by atoms with E-state index in [2.05, 4.69) is 54.5 Å². The van der Waals surface area contributed by atoms with Gasteiger partial charge in [0.15, 0.2) is 37.2 Å². The summed E-state index contributed by atoms with van der Waals surface area (Å²) in [5.41, 5.74) is 0.902. The Hall–Kier alpha value is -1.88. The Kier molecular flexibility index (Phi) is 14.1. The third-order valence-electron chi connectivity index (χ3n) is 19.3. The van der Waals surface area contributed by atoms with Crippen LogP contribution in [0.5, 0.6) is 0 Å². The Morgan fingerprint density at radius 3 is 1.87 bits per heavy atom. The second-order valence-electron chi connectivity index (χ2n) is 23.7. The van der Waals surface area contributed by atoms with Gasteiger partial charge in [0.2, 0.25) is 0 Å². The summed E-state index contributed by atoms with van der Waals surface area (Å²) in [4.78, 5) is 26.1. The van der Waals surface area contributed by atoms with Gasteiger partial charge in [-0.2, -0.15) is 0 Å². The van der Waals surface area contributed by atoms with Crippen LogP contribution in [0.2, 0.25) is 0 Å². The van der Waals surface area contributed by atoms with E-state index >= 15 is 0 Å². The van der Waals surface area contributed by atoms with Crippen molar-refractivity contribution < 1.29 is 88.7 Å². The van der Waals surface area contributed by atoms with Gasteiger partial charge in [-0.3, -0.25) is 4.79 Å². The zero-order valence-corrected chi connectivity index (χ0v) is 40.4. The third kappa shape index (κ3) is 8.35. The number of aliphatic hydroxyl groups is 8. The number of aliphatic hydroxyl groups excluding tert-OH is 8. The van der Waals surface area contributed by atoms with Crippen molar-refractivity contribution in [3.63, 3.8) is 0 Å². The number of hydrogen-bond acceptors (Lipinski definition) is 17. The van der Waals surface area contributed by atoms with Crippen molar-refractivity contribution in [2.24, 2.45) is 50.2 Å². The van der Waals surface area contributed by atoms with E-state index in [-0.39, 0.29) is 39.6 Å². The van der Waals surface area contributed by atoms with Crippen LogP contribution in [0.25, 0.3) is 0 Å². The van der Waals surface area contributed by atoms with Gasteiger partial charge in [-0.25, -0.2) is 4.79 Å². The first-order chi connectivity index (χ1) is 31.3. The molecule has 22 atom stereocenters. The molecule has 3 saturated heterocycles. The number of rotatable bonds is 11. The summed E-state index contributed by atoms with van der Waals surface area (Å²) in [6, 6.07) is 0. The van der Waals surface area contributed by atoms with E-state index in [1.54, 1.807) is 5.57 Å². The molecule has 7 fully saturated rings. The van der Waals surface area contributed by atoms with Gasteiger partial charge in [0.05, 0.1) is 19.3 Å². The van der Waals surface area contributed by atoms with Crippen LogP contribution >= 0.6 is 0 Å². The van der Waals surface area contributed by atoms with Crippen molar-refractivity contribution in [2.75, 3.05) is 19.8 Å². The number of fused-ring (bicyclic) bond motifs is 7. The van der Waals surface area contributed by atoms with Crippen LogP contribution in [-0.2, 0) is 42.7 Å². The molecule has 0 aromatic heterocycles. The highest BCUT2D eigenvalue weighted by Crippen LogP contribution is 2.76. The smallest absolute Gasteiger partial charge is 0.335 e. The van der Waals surface area contributed by atoms with E-state index in [4.69, 9.17) is 33.2 Å². The van der Waals surface area contributed by atoms with Crippen molar-refractivity contribution in [1.82, 2.24) is 0 Å². The van der Waals surface area contributed by atoms with E-state index in [1.807, 2.05) is 0 Å². The molecule has 8 aliphatic rings. The Morgan fingerprint density at radius 1 is 0.672 bits per heavy atom. The van der Waals surface area contributed by atoms with Crippen LogP contribution in [0.1, 0.15) is 120 Å². The van der Waals surface area contributed by atoms with Crippen molar-refractivity contribution in [2.45, 2.75) is 212 Å². The number of carbonyl (C=O) groups excluding carboxylic acids is 1. The van der Waals surface area contributed by atoms with Gasteiger partial charge in [-0.05, 0) is 109 Å². The van der Waals surface area contributed by atoms with Gasteiger partial charge in [0.1, 0.15) is 48.8 Å². The van der Waals surface area contributed by atoms with Gasteiger partial charge < -0.3 is 79.1 Å². The molecule has 0 spiro atoms. The lowest BCUT2D eigenvalue weighted by Crippen LogP contribution is -2.68. The molecule has 8 rings (SSSR count). The monoisotopic (exact) mass is 955 g/mol. The minimum atomic E-state index is -1.98. The van der Waals surface area contributed by atoms with Crippen LogP contribution in [0, 0.1) is 50.2 Å². The second kappa shape index (κ2) is 18.3. The summed E-state index contributed by atoms with van der Waals surface area (Å²) >= 11 is 0. The molecule has 1 unspecified atom stereocenters. The standard InChI is InChI=1S/C49H78O18/c1-23(53)61-37-36(65-41-34(57)32(55)27(21-51)63-41)38(40(59)60)66-43(39(37)67-42-35(58)33(56)31(54)26(20-50)62-42)64-30-12-13-46(6)28(45(30,4)5)11-14-48(8)29(46)10-9-24-25-19-44(2,3)15-17-49(25,22-52)18-16-47(24,48)7/h9,25-39,41-43,50-52,54-58H,10-22H2,1-8H3,(H,59,60)/t25-,26+,27-,28-,29+,30-,31+,32-,33-,34+,35+,36-,37-,38-,39+,41-,42?,43+,46-,47+,48+,49+/m0/s1. The number of esters is 1. The fourth-order valence-electron chi connectivity index (χ4n) is 15.2. The predicted octanol–water partition coefficient (Wildman–Crippen LogP) is 1.92. The quantitative estimate of drug-likeness (QED) is 0.0813. The number of aliphatic carboxylic acids is 1.